The molecule has 0 aliphatic carbocycles. The van der Waals surface area contributed by atoms with Crippen molar-refractivity contribution in [2.24, 2.45) is 0 Å². The fourth-order valence-electron chi connectivity index (χ4n) is 3.66. The summed E-state index contributed by atoms with van der Waals surface area (Å²) in [5.41, 5.74) is 2.31. The first-order chi connectivity index (χ1) is 13.5. The van der Waals surface area contributed by atoms with Crippen LogP contribution >= 0.6 is 0 Å². The van der Waals surface area contributed by atoms with Crippen LogP contribution in [0.2, 0.25) is 0 Å². The lowest BCUT2D eigenvalue weighted by molar-refractivity contribution is -0.122. The molecule has 2 aliphatic heterocycles. The molecule has 0 bridgehead atoms. The van der Waals surface area contributed by atoms with E-state index in [4.69, 9.17) is 0 Å². The molecule has 4 rings (SSSR count). The predicted octanol–water partition coefficient (Wildman–Crippen LogP) is 1.40. The molecule has 2 amide bonds. The summed E-state index contributed by atoms with van der Waals surface area (Å²) in [5.74, 6) is -0.549. The largest absolute Gasteiger partial charge is 0.354 e. The Bertz CT molecular complexity index is 1040. The molecular weight excluding hydrogens is 378 g/mol. The van der Waals surface area contributed by atoms with E-state index in [1.165, 1.54) is 12.1 Å². The van der Waals surface area contributed by atoms with Gasteiger partial charge in [0.2, 0.25) is 15.9 Å². The van der Waals surface area contributed by atoms with Crippen LogP contribution in [0.25, 0.3) is 0 Å². The Morgan fingerprint density at radius 1 is 1.04 bits per heavy atom. The normalized spacial score (nSPS) is 17.7. The molecule has 0 aromatic heterocycles. The number of nitrogens with zero attached hydrogens (tertiary/aromatic N) is 2. The van der Waals surface area contributed by atoms with Gasteiger partial charge in [0.05, 0.1) is 11.4 Å². The fraction of sp³-hybridized carbons (Fsp3) is 0.300. The lowest BCUT2D eigenvalue weighted by atomic mass is 10.0. The number of nitrogens with one attached hydrogen (secondary N) is 1. The Kier molecular flexibility index (Phi) is 4.91. The zero-order valence-corrected chi connectivity index (χ0v) is 16.1. The monoisotopic (exact) mass is 399 g/mol. The third kappa shape index (κ3) is 3.41. The Balaban J connectivity index is 1.64. The average molecular weight is 399 g/mol. The number of carbonyl (C=O) groups excluding carboxylic acids is 2. The predicted molar refractivity (Wildman–Crippen MR) is 105 cm³/mol. The van der Waals surface area contributed by atoms with Gasteiger partial charge >= 0.3 is 0 Å². The second kappa shape index (κ2) is 7.37. The van der Waals surface area contributed by atoms with Crippen LogP contribution in [-0.2, 0) is 21.2 Å². The number of anilines is 1. The van der Waals surface area contributed by atoms with Gasteiger partial charge in [-0.3, -0.25) is 9.59 Å². The van der Waals surface area contributed by atoms with Gasteiger partial charge in [-0.1, -0.05) is 24.3 Å². The molecule has 28 heavy (non-hydrogen) atoms. The van der Waals surface area contributed by atoms with Gasteiger partial charge in [-0.2, -0.15) is 4.31 Å². The molecule has 146 valence electrons. The molecule has 0 unspecified atom stereocenters. The maximum absolute atomic E-state index is 13.1. The maximum Gasteiger partial charge on any atom is 0.258 e. The van der Waals surface area contributed by atoms with Gasteiger partial charge in [0.25, 0.3) is 5.91 Å². The number of fused-ring (bicyclic) bond motifs is 1. The molecule has 2 aliphatic rings. The fourth-order valence-corrected chi connectivity index (χ4v) is 5.10. The SMILES string of the molecule is O=C1CN(S(=O)(=O)c2cccc(C(=O)N3CCCc4ccccc43)c2)CCN1. The third-order valence-electron chi connectivity index (χ3n) is 5.08. The highest BCUT2D eigenvalue weighted by atomic mass is 32.2. The number of piperazine rings is 1. The van der Waals surface area contributed by atoms with Crippen molar-refractivity contribution < 1.29 is 18.0 Å². The van der Waals surface area contributed by atoms with E-state index >= 15 is 0 Å². The van der Waals surface area contributed by atoms with Crippen LogP contribution < -0.4 is 10.2 Å². The Morgan fingerprint density at radius 2 is 1.86 bits per heavy atom. The minimum Gasteiger partial charge on any atom is -0.354 e. The lowest BCUT2D eigenvalue weighted by Crippen LogP contribution is -2.49. The molecule has 8 heteroatoms. The van der Waals surface area contributed by atoms with E-state index in [1.807, 2.05) is 24.3 Å². The van der Waals surface area contributed by atoms with Gasteiger partial charge in [-0.15, -0.1) is 0 Å². The Hall–Kier alpha value is -2.71. The minimum absolute atomic E-state index is 0.0262. The summed E-state index contributed by atoms with van der Waals surface area (Å²) in [6.45, 7) is 0.881. The first-order valence-corrected chi connectivity index (χ1v) is 10.7. The summed E-state index contributed by atoms with van der Waals surface area (Å²) in [7, 11) is -3.84. The number of sulfonamides is 1. The number of benzene rings is 2. The molecule has 1 N–H and O–H groups in total. The molecule has 2 heterocycles. The van der Waals surface area contributed by atoms with Crippen LogP contribution in [0.3, 0.4) is 0 Å². The molecule has 0 radical (unpaired) electrons. The van der Waals surface area contributed by atoms with E-state index in [1.54, 1.807) is 17.0 Å². The second-order valence-corrected chi connectivity index (χ2v) is 8.84. The summed E-state index contributed by atoms with van der Waals surface area (Å²) in [5, 5.41) is 2.61. The van der Waals surface area contributed by atoms with Gasteiger partial charge in [0.1, 0.15) is 0 Å². The van der Waals surface area contributed by atoms with Crippen molar-refractivity contribution in [1.82, 2.24) is 9.62 Å². The summed E-state index contributed by atoms with van der Waals surface area (Å²) >= 11 is 0. The molecule has 0 saturated carbocycles. The first kappa shape index (κ1) is 18.6. The molecule has 7 nitrogen and oxygen atoms in total. The van der Waals surface area contributed by atoms with Crippen LogP contribution in [0.1, 0.15) is 22.3 Å². The third-order valence-corrected chi connectivity index (χ3v) is 6.92. The van der Waals surface area contributed by atoms with Gasteiger partial charge in [0, 0.05) is 30.9 Å². The Labute approximate surface area is 164 Å². The number of aryl methyl sites for hydroxylation is 1. The van der Waals surface area contributed by atoms with Crippen molar-refractivity contribution >= 4 is 27.5 Å². The number of hydrogen-bond donors (Lipinski definition) is 1. The Morgan fingerprint density at radius 3 is 2.68 bits per heavy atom. The highest BCUT2D eigenvalue weighted by Crippen LogP contribution is 2.28. The molecule has 1 fully saturated rings. The number of rotatable bonds is 3. The summed E-state index contributed by atoms with van der Waals surface area (Å²) in [4.78, 5) is 26.4. The van der Waals surface area contributed by atoms with E-state index in [0.717, 1.165) is 28.4 Å². The van der Waals surface area contributed by atoms with Crippen LogP contribution in [0.4, 0.5) is 5.69 Å². The van der Waals surface area contributed by atoms with E-state index in [2.05, 4.69) is 5.32 Å². The van der Waals surface area contributed by atoms with Gasteiger partial charge < -0.3 is 10.2 Å². The second-order valence-electron chi connectivity index (χ2n) is 6.91. The molecule has 1 saturated heterocycles. The molecular formula is C20H21N3O4S. The molecule has 2 aromatic carbocycles. The van der Waals surface area contributed by atoms with Crippen LogP contribution in [0.15, 0.2) is 53.4 Å². The van der Waals surface area contributed by atoms with Crippen molar-refractivity contribution in [1.29, 1.82) is 0 Å². The van der Waals surface area contributed by atoms with E-state index in [0.29, 0.717) is 12.1 Å². The molecule has 0 atom stereocenters. The molecule has 0 spiro atoms. The summed E-state index contributed by atoms with van der Waals surface area (Å²) in [6, 6.07) is 13.8. The number of hydrogen-bond acceptors (Lipinski definition) is 4. The topological polar surface area (TPSA) is 86.8 Å². The number of amides is 2. The average Bonchev–Trinajstić information content (AvgIpc) is 2.73. The first-order valence-electron chi connectivity index (χ1n) is 9.23. The van der Waals surface area contributed by atoms with Crippen molar-refractivity contribution in [3.05, 3.63) is 59.7 Å². The van der Waals surface area contributed by atoms with Gasteiger partial charge in [-0.25, -0.2) is 8.42 Å². The van der Waals surface area contributed by atoms with E-state index < -0.39 is 10.0 Å². The summed E-state index contributed by atoms with van der Waals surface area (Å²) in [6.07, 6.45) is 1.79. The maximum atomic E-state index is 13.1. The van der Waals surface area contributed by atoms with Gasteiger partial charge in [0.15, 0.2) is 0 Å². The van der Waals surface area contributed by atoms with E-state index in [9.17, 15) is 18.0 Å². The lowest BCUT2D eigenvalue weighted by Gasteiger charge is -2.30. The highest BCUT2D eigenvalue weighted by molar-refractivity contribution is 7.89. The van der Waals surface area contributed by atoms with Crippen molar-refractivity contribution in [3.63, 3.8) is 0 Å². The zero-order valence-electron chi connectivity index (χ0n) is 15.3. The quantitative estimate of drug-likeness (QED) is 0.845. The van der Waals surface area contributed by atoms with Crippen molar-refractivity contribution in [2.75, 3.05) is 31.1 Å². The van der Waals surface area contributed by atoms with E-state index in [-0.39, 0.29) is 36.3 Å². The van der Waals surface area contributed by atoms with Crippen molar-refractivity contribution in [3.8, 4) is 0 Å². The standard InChI is InChI=1S/C20H21N3O4S/c24-19-14-22(12-10-21-19)28(26,27)17-8-3-6-16(13-17)20(25)23-11-4-7-15-5-1-2-9-18(15)23/h1-3,5-6,8-9,13H,4,7,10-12,14H2,(H,21,24). The number of para-hydroxylation sites is 1. The highest BCUT2D eigenvalue weighted by Gasteiger charge is 2.30. The van der Waals surface area contributed by atoms with Crippen LogP contribution in [-0.4, -0.2) is 50.7 Å². The van der Waals surface area contributed by atoms with Crippen LogP contribution in [0, 0.1) is 0 Å². The van der Waals surface area contributed by atoms with Crippen molar-refractivity contribution in [2.45, 2.75) is 17.7 Å². The minimum atomic E-state index is -3.84. The van der Waals surface area contributed by atoms with Gasteiger partial charge in [-0.05, 0) is 42.7 Å². The van der Waals surface area contributed by atoms with Crippen LogP contribution in [0.5, 0.6) is 0 Å². The zero-order chi connectivity index (χ0) is 19.7. The smallest absolute Gasteiger partial charge is 0.258 e. The molecule has 2 aromatic rings. The number of carbonyl (C=O) groups is 2. The summed E-state index contributed by atoms with van der Waals surface area (Å²) < 4.78 is 27.0.